The quantitative estimate of drug-likeness (QED) is 0.804. The third-order valence-electron chi connectivity index (χ3n) is 2.86. The minimum atomic E-state index is -3.55. The van der Waals surface area contributed by atoms with Crippen molar-refractivity contribution in [1.29, 1.82) is 0 Å². The van der Waals surface area contributed by atoms with Gasteiger partial charge in [-0.15, -0.1) is 11.3 Å². The Hall–Kier alpha value is -1.35. The maximum absolute atomic E-state index is 12.5. The number of aromatic nitrogens is 2. The van der Waals surface area contributed by atoms with Crippen LogP contribution in [0.5, 0.6) is 0 Å². The Morgan fingerprint density at radius 1 is 1.33 bits per heavy atom. The van der Waals surface area contributed by atoms with E-state index in [1.54, 1.807) is 18.3 Å². The smallest absolute Gasteiger partial charge is 0.242 e. The molecule has 8 heteroatoms. The molecule has 0 aromatic carbocycles. The van der Waals surface area contributed by atoms with Crippen molar-refractivity contribution in [3.63, 3.8) is 0 Å². The van der Waals surface area contributed by atoms with E-state index >= 15 is 0 Å². The number of hydrogen-bond acceptors (Lipinski definition) is 6. The standard InChI is InChI=1S/C13H18N4O2S2/c1-3-14-8-12-13(10(2)9-20-12)21(18,19)16-7-11-5-4-6-15-17-11/h4-6,9,14,16H,3,7-8H2,1-2H3. The molecule has 0 aliphatic carbocycles. The SMILES string of the molecule is CCNCc1scc(C)c1S(=O)(=O)NCc1cccnn1. The lowest BCUT2D eigenvalue weighted by Crippen LogP contribution is -2.25. The summed E-state index contributed by atoms with van der Waals surface area (Å²) in [4.78, 5) is 1.19. The average molecular weight is 326 g/mol. The zero-order valence-corrected chi connectivity index (χ0v) is 13.6. The van der Waals surface area contributed by atoms with Crippen molar-refractivity contribution >= 4 is 21.4 Å². The number of hydrogen-bond donors (Lipinski definition) is 2. The zero-order chi connectivity index (χ0) is 15.3. The first-order valence-electron chi connectivity index (χ1n) is 6.58. The Bertz CT molecular complexity index is 683. The second kappa shape index (κ2) is 7.08. The van der Waals surface area contributed by atoms with Gasteiger partial charge >= 0.3 is 0 Å². The van der Waals surface area contributed by atoms with Crippen molar-refractivity contribution in [2.45, 2.75) is 31.8 Å². The lowest BCUT2D eigenvalue weighted by atomic mass is 10.3. The maximum atomic E-state index is 12.5. The number of thiophene rings is 1. The van der Waals surface area contributed by atoms with E-state index in [2.05, 4.69) is 20.2 Å². The van der Waals surface area contributed by atoms with Crippen LogP contribution in [0.3, 0.4) is 0 Å². The summed E-state index contributed by atoms with van der Waals surface area (Å²) in [6.45, 7) is 5.27. The lowest BCUT2D eigenvalue weighted by Gasteiger charge is -2.09. The molecule has 0 atom stereocenters. The molecule has 0 fully saturated rings. The van der Waals surface area contributed by atoms with Crippen molar-refractivity contribution in [1.82, 2.24) is 20.2 Å². The second-order valence-corrected chi connectivity index (χ2v) is 7.16. The van der Waals surface area contributed by atoms with Gasteiger partial charge < -0.3 is 5.32 Å². The number of nitrogens with zero attached hydrogens (tertiary/aromatic N) is 2. The van der Waals surface area contributed by atoms with Crippen LogP contribution in [0, 0.1) is 6.92 Å². The number of nitrogens with one attached hydrogen (secondary N) is 2. The summed E-state index contributed by atoms with van der Waals surface area (Å²) in [5, 5.41) is 12.6. The highest BCUT2D eigenvalue weighted by molar-refractivity contribution is 7.89. The van der Waals surface area contributed by atoms with Crippen molar-refractivity contribution in [2.24, 2.45) is 0 Å². The first-order chi connectivity index (χ1) is 10.0. The molecule has 0 bridgehead atoms. The van der Waals surface area contributed by atoms with Crippen LogP contribution < -0.4 is 10.0 Å². The Morgan fingerprint density at radius 3 is 2.81 bits per heavy atom. The van der Waals surface area contributed by atoms with Crippen molar-refractivity contribution < 1.29 is 8.42 Å². The van der Waals surface area contributed by atoms with Gasteiger partial charge in [0.2, 0.25) is 10.0 Å². The Morgan fingerprint density at radius 2 is 2.14 bits per heavy atom. The molecule has 0 unspecified atom stereocenters. The fourth-order valence-electron chi connectivity index (χ4n) is 1.88. The first kappa shape index (κ1) is 16.0. The molecule has 0 aliphatic heterocycles. The molecule has 2 aromatic heterocycles. The van der Waals surface area contributed by atoms with Crippen LogP contribution in [0.4, 0.5) is 0 Å². The molecule has 2 heterocycles. The third-order valence-corrected chi connectivity index (χ3v) is 5.73. The van der Waals surface area contributed by atoms with Gasteiger partial charge in [0.05, 0.1) is 12.2 Å². The summed E-state index contributed by atoms with van der Waals surface area (Å²) in [7, 11) is -3.55. The molecule has 0 radical (unpaired) electrons. The Balaban J connectivity index is 2.17. The first-order valence-corrected chi connectivity index (χ1v) is 8.94. The number of sulfonamides is 1. The van der Waals surface area contributed by atoms with Gasteiger partial charge in [-0.3, -0.25) is 0 Å². The highest BCUT2D eigenvalue weighted by Crippen LogP contribution is 2.26. The van der Waals surface area contributed by atoms with Crippen LogP contribution in [0.25, 0.3) is 0 Å². The van der Waals surface area contributed by atoms with Crippen LogP contribution in [-0.4, -0.2) is 25.2 Å². The minimum Gasteiger partial charge on any atom is -0.312 e. The maximum Gasteiger partial charge on any atom is 0.242 e. The summed E-state index contributed by atoms with van der Waals surface area (Å²) < 4.78 is 27.6. The predicted molar refractivity (Wildman–Crippen MR) is 82.5 cm³/mol. The van der Waals surface area contributed by atoms with Gasteiger partial charge in [-0.25, -0.2) is 13.1 Å². The summed E-state index contributed by atoms with van der Waals surface area (Å²) in [6.07, 6.45) is 1.55. The Kier molecular flexibility index (Phi) is 5.40. The summed E-state index contributed by atoms with van der Waals surface area (Å²) in [6, 6.07) is 3.46. The second-order valence-electron chi connectivity index (χ2n) is 4.49. The fraction of sp³-hybridized carbons (Fsp3) is 0.385. The molecular formula is C13H18N4O2S2. The molecule has 0 saturated carbocycles. The van der Waals surface area contributed by atoms with Crippen LogP contribution in [0.1, 0.15) is 23.1 Å². The van der Waals surface area contributed by atoms with E-state index in [-0.39, 0.29) is 6.54 Å². The monoisotopic (exact) mass is 326 g/mol. The molecule has 2 aromatic rings. The molecule has 2 N–H and O–H groups in total. The largest absolute Gasteiger partial charge is 0.312 e. The lowest BCUT2D eigenvalue weighted by molar-refractivity contribution is 0.577. The van der Waals surface area contributed by atoms with E-state index < -0.39 is 10.0 Å². The fourth-order valence-corrected chi connectivity index (χ4v) is 4.65. The summed E-state index contributed by atoms with van der Waals surface area (Å²) >= 11 is 1.46. The normalized spacial score (nSPS) is 11.7. The van der Waals surface area contributed by atoms with E-state index in [1.165, 1.54) is 11.3 Å². The highest BCUT2D eigenvalue weighted by atomic mass is 32.2. The Labute approximate surface area is 128 Å². The topological polar surface area (TPSA) is 84.0 Å². The van der Waals surface area contributed by atoms with E-state index in [0.29, 0.717) is 17.1 Å². The third kappa shape index (κ3) is 4.07. The van der Waals surface area contributed by atoms with Gasteiger partial charge in [0.15, 0.2) is 0 Å². The van der Waals surface area contributed by atoms with Crippen molar-refractivity contribution in [3.05, 3.63) is 39.8 Å². The molecule has 114 valence electrons. The van der Waals surface area contributed by atoms with Crippen LogP contribution in [0.15, 0.2) is 28.6 Å². The van der Waals surface area contributed by atoms with Gasteiger partial charge in [0, 0.05) is 17.6 Å². The van der Waals surface area contributed by atoms with Gasteiger partial charge in [0.1, 0.15) is 4.90 Å². The van der Waals surface area contributed by atoms with Gasteiger partial charge in [0.25, 0.3) is 0 Å². The minimum absolute atomic E-state index is 0.131. The van der Waals surface area contributed by atoms with Gasteiger partial charge in [-0.1, -0.05) is 6.92 Å². The summed E-state index contributed by atoms with van der Waals surface area (Å²) in [5.74, 6) is 0. The van der Waals surface area contributed by atoms with E-state index in [4.69, 9.17) is 0 Å². The zero-order valence-electron chi connectivity index (χ0n) is 12.0. The van der Waals surface area contributed by atoms with E-state index in [1.807, 2.05) is 19.2 Å². The molecule has 0 amide bonds. The number of aryl methyl sites for hydroxylation is 1. The van der Waals surface area contributed by atoms with E-state index in [9.17, 15) is 8.42 Å². The molecule has 0 aliphatic rings. The molecular weight excluding hydrogens is 308 g/mol. The molecule has 6 nitrogen and oxygen atoms in total. The highest BCUT2D eigenvalue weighted by Gasteiger charge is 2.22. The van der Waals surface area contributed by atoms with Gasteiger partial charge in [-0.2, -0.15) is 10.2 Å². The van der Waals surface area contributed by atoms with Crippen LogP contribution in [0.2, 0.25) is 0 Å². The molecule has 21 heavy (non-hydrogen) atoms. The van der Waals surface area contributed by atoms with E-state index in [0.717, 1.165) is 17.0 Å². The molecule has 2 rings (SSSR count). The molecule has 0 spiro atoms. The van der Waals surface area contributed by atoms with Gasteiger partial charge in [-0.05, 0) is 36.5 Å². The number of rotatable bonds is 7. The van der Waals surface area contributed by atoms with Crippen LogP contribution in [-0.2, 0) is 23.1 Å². The van der Waals surface area contributed by atoms with Crippen molar-refractivity contribution in [2.75, 3.05) is 6.54 Å². The summed E-state index contributed by atoms with van der Waals surface area (Å²) in [5.41, 5.74) is 1.35. The predicted octanol–water partition coefficient (Wildman–Crippen LogP) is 1.43. The van der Waals surface area contributed by atoms with Crippen molar-refractivity contribution in [3.8, 4) is 0 Å². The molecule has 0 saturated heterocycles. The average Bonchev–Trinajstić information content (AvgIpc) is 2.86. The van der Waals surface area contributed by atoms with Crippen LogP contribution >= 0.6 is 11.3 Å².